The topological polar surface area (TPSA) is 61.8 Å². The van der Waals surface area contributed by atoms with Crippen LogP contribution < -0.4 is 9.47 Å². The van der Waals surface area contributed by atoms with E-state index in [0.717, 1.165) is 0 Å². The summed E-state index contributed by atoms with van der Waals surface area (Å²) >= 11 is 0. The SMILES string of the molecule is COC(=O)/C=C/c1ccc(OC(=O)C2CC2c2ccccc2F)c(OC)c1. The molecule has 140 valence electrons. The summed E-state index contributed by atoms with van der Waals surface area (Å²) in [5, 5.41) is 0. The van der Waals surface area contributed by atoms with Gasteiger partial charge in [0.1, 0.15) is 5.82 Å². The Bertz CT molecular complexity index is 890. The van der Waals surface area contributed by atoms with E-state index >= 15 is 0 Å². The second kappa shape index (κ2) is 8.03. The van der Waals surface area contributed by atoms with Gasteiger partial charge in [0, 0.05) is 12.0 Å². The fourth-order valence-electron chi connectivity index (χ4n) is 2.86. The van der Waals surface area contributed by atoms with E-state index in [1.165, 1.54) is 26.4 Å². The van der Waals surface area contributed by atoms with Crippen molar-refractivity contribution in [2.75, 3.05) is 14.2 Å². The number of methoxy groups -OCH3 is 2. The van der Waals surface area contributed by atoms with Gasteiger partial charge in [0.05, 0.1) is 20.1 Å². The lowest BCUT2D eigenvalue weighted by Crippen LogP contribution is -2.12. The third-order valence-electron chi connectivity index (χ3n) is 4.41. The monoisotopic (exact) mass is 370 g/mol. The standard InChI is InChI=1S/C21H19FO5/c1-25-19-11-13(8-10-20(23)26-2)7-9-18(19)27-21(24)16-12-15(16)14-5-3-4-6-17(14)22/h3-11,15-16H,12H2,1-2H3/b10-8+. The summed E-state index contributed by atoms with van der Waals surface area (Å²) in [6, 6.07) is 11.4. The van der Waals surface area contributed by atoms with Crippen LogP contribution in [-0.2, 0) is 14.3 Å². The van der Waals surface area contributed by atoms with Gasteiger partial charge in [0.25, 0.3) is 0 Å². The van der Waals surface area contributed by atoms with Crippen molar-refractivity contribution in [2.24, 2.45) is 5.92 Å². The van der Waals surface area contributed by atoms with Gasteiger partial charge in [-0.15, -0.1) is 0 Å². The molecule has 0 aromatic heterocycles. The molecular weight excluding hydrogens is 351 g/mol. The second-order valence-electron chi connectivity index (χ2n) is 6.16. The molecule has 2 aromatic carbocycles. The molecule has 27 heavy (non-hydrogen) atoms. The Labute approximate surface area is 156 Å². The maximum absolute atomic E-state index is 13.9. The average Bonchev–Trinajstić information content (AvgIpc) is 3.48. The van der Waals surface area contributed by atoms with E-state index < -0.39 is 11.9 Å². The zero-order valence-electron chi connectivity index (χ0n) is 15.0. The largest absolute Gasteiger partial charge is 0.493 e. The first-order valence-electron chi connectivity index (χ1n) is 8.43. The summed E-state index contributed by atoms with van der Waals surface area (Å²) in [6.07, 6.45) is 3.40. The van der Waals surface area contributed by atoms with Crippen LogP contribution in [-0.4, -0.2) is 26.2 Å². The molecule has 0 radical (unpaired) electrons. The fraction of sp³-hybridized carbons (Fsp3) is 0.238. The summed E-state index contributed by atoms with van der Waals surface area (Å²) in [5.74, 6) is -1.10. The van der Waals surface area contributed by atoms with Gasteiger partial charge in [-0.05, 0) is 41.8 Å². The van der Waals surface area contributed by atoms with Crippen LogP contribution in [0, 0.1) is 11.7 Å². The molecule has 0 saturated heterocycles. The highest BCUT2D eigenvalue weighted by Gasteiger charge is 2.46. The lowest BCUT2D eigenvalue weighted by molar-refractivity contribution is -0.136. The van der Waals surface area contributed by atoms with Gasteiger partial charge in [-0.25, -0.2) is 9.18 Å². The van der Waals surface area contributed by atoms with Crippen molar-refractivity contribution < 1.29 is 28.2 Å². The van der Waals surface area contributed by atoms with Gasteiger partial charge < -0.3 is 14.2 Å². The highest BCUT2D eigenvalue weighted by molar-refractivity contribution is 5.87. The molecule has 1 aliphatic carbocycles. The molecule has 3 rings (SSSR count). The van der Waals surface area contributed by atoms with Crippen molar-refractivity contribution in [3.05, 3.63) is 65.5 Å². The summed E-state index contributed by atoms with van der Waals surface area (Å²) < 4.78 is 29.1. The molecule has 0 spiro atoms. The quantitative estimate of drug-likeness (QED) is 0.440. The number of halogens is 1. The van der Waals surface area contributed by atoms with Gasteiger partial charge >= 0.3 is 11.9 Å². The summed E-state index contributed by atoms with van der Waals surface area (Å²) in [6.45, 7) is 0. The van der Waals surface area contributed by atoms with Crippen LogP contribution in [0.1, 0.15) is 23.5 Å². The van der Waals surface area contributed by atoms with Crippen LogP contribution >= 0.6 is 0 Å². The van der Waals surface area contributed by atoms with Gasteiger partial charge in [-0.2, -0.15) is 0 Å². The Balaban J connectivity index is 1.69. The van der Waals surface area contributed by atoms with Crippen LogP contribution in [0.5, 0.6) is 11.5 Å². The number of carbonyl (C=O) groups excluding carboxylic acids is 2. The first-order valence-corrected chi connectivity index (χ1v) is 8.43. The number of hydrogen-bond acceptors (Lipinski definition) is 5. The zero-order valence-corrected chi connectivity index (χ0v) is 15.0. The molecule has 1 saturated carbocycles. The van der Waals surface area contributed by atoms with Crippen molar-refractivity contribution in [1.29, 1.82) is 0 Å². The minimum atomic E-state index is -0.475. The Morgan fingerprint density at radius 1 is 1.11 bits per heavy atom. The van der Waals surface area contributed by atoms with Crippen molar-refractivity contribution >= 4 is 18.0 Å². The van der Waals surface area contributed by atoms with E-state index in [1.54, 1.807) is 42.5 Å². The highest BCUT2D eigenvalue weighted by Crippen LogP contribution is 2.49. The van der Waals surface area contributed by atoms with Crippen LogP contribution in [0.2, 0.25) is 0 Å². The molecular formula is C21H19FO5. The number of rotatable bonds is 6. The Morgan fingerprint density at radius 2 is 1.89 bits per heavy atom. The van der Waals surface area contributed by atoms with Crippen molar-refractivity contribution in [3.8, 4) is 11.5 Å². The van der Waals surface area contributed by atoms with Crippen molar-refractivity contribution in [2.45, 2.75) is 12.3 Å². The van der Waals surface area contributed by atoms with Crippen molar-refractivity contribution in [1.82, 2.24) is 0 Å². The van der Waals surface area contributed by atoms with E-state index in [9.17, 15) is 14.0 Å². The van der Waals surface area contributed by atoms with Crippen LogP contribution in [0.25, 0.3) is 6.08 Å². The Hall–Kier alpha value is -3.15. The van der Waals surface area contributed by atoms with E-state index in [4.69, 9.17) is 9.47 Å². The van der Waals surface area contributed by atoms with Gasteiger partial charge in [-0.3, -0.25) is 4.79 Å². The number of ether oxygens (including phenoxy) is 3. The molecule has 0 heterocycles. The smallest absolute Gasteiger partial charge is 0.330 e. The summed E-state index contributed by atoms with van der Waals surface area (Å²) in [7, 11) is 2.75. The van der Waals surface area contributed by atoms with Crippen LogP contribution in [0.3, 0.4) is 0 Å². The molecule has 1 fully saturated rings. The first-order chi connectivity index (χ1) is 13.0. The number of carbonyl (C=O) groups is 2. The van der Waals surface area contributed by atoms with Crippen LogP contribution in [0.4, 0.5) is 4.39 Å². The predicted octanol–water partition coefficient (Wildman–Crippen LogP) is 3.73. The summed E-state index contributed by atoms with van der Waals surface area (Å²) in [5.41, 5.74) is 1.22. The maximum atomic E-state index is 13.9. The second-order valence-corrected chi connectivity index (χ2v) is 6.16. The molecule has 2 aromatic rings. The van der Waals surface area contributed by atoms with E-state index in [0.29, 0.717) is 23.3 Å². The molecule has 6 heteroatoms. The van der Waals surface area contributed by atoms with Crippen LogP contribution in [0.15, 0.2) is 48.5 Å². The summed E-state index contributed by atoms with van der Waals surface area (Å²) in [4.78, 5) is 23.6. The third kappa shape index (κ3) is 4.34. The number of esters is 2. The molecule has 0 amide bonds. The molecule has 2 atom stereocenters. The minimum Gasteiger partial charge on any atom is -0.493 e. The number of benzene rings is 2. The fourth-order valence-corrected chi connectivity index (χ4v) is 2.86. The Morgan fingerprint density at radius 3 is 2.59 bits per heavy atom. The third-order valence-corrected chi connectivity index (χ3v) is 4.41. The van der Waals surface area contributed by atoms with E-state index in [-0.39, 0.29) is 23.4 Å². The minimum absolute atomic E-state index is 0.160. The molecule has 0 N–H and O–H groups in total. The van der Waals surface area contributed by atoms with Gasteiger partial charge in [-0.1, -0.05) is 24.3 Å². The first kappa shape index (κ1) is 18.6. The average molecular weight is 370 g/mol. The molecule has 5 nitrogen and oxygen atoms in total. The zero-order chi connectivity index (χ0) is 19.4. The number of hydrogen-bond donors (Lipinski definition) is 0. The van der Waals surface area contributed by atoms with Gasteiger partial charge in [0.2, 0.25) is 0 Å². The van der Waals surface area contributed by atoms with E-state index in [2.05, 4.69) is 4.74 Å². The molecule has 2 unspecified atom stereocenters. The van der Waals surface area contributed by atoms with E-state index in [1.807, 2.05) is 0 Å². The molecule has 1 aliphatic rings. The molecule has 0 aliphatic heterocycles. The van der Waals surface area contributed by atoms with Crippen molar-refractivity contribution in [3.63, 3.8) is 0 Å². The normalized spacial score (nSPS) is 18.2. The lowest BCUT2D eigenvalue weighted by atomic mass is 10.1. The predicted molar refractivity (Wildman–Crippen MR) is 96.9 cm³/mol. The maximum Gasteiger partial charge on any atom is 0.330 e. The Kier molecular flexibility index (Phi) is 5.54. The lowest BCUT2D eigenvalue weighted by Gasteiger charge is -2.10. The highest BCUT2D eigenvalue weighted by atomic mass is 19.1. The van der Waals surface area contributed by atoms with Gasteiger partial charge in [0.15, 0.2) is 11.5 Å². The molecule has 0 bridgehead atoms.